The largest absolute Gasteiger partial charge is 0.444 e. The van der Waals surface area contributed by atoms with Gasteiger partial charge >= 0.3 is 6.09 Å². The predicted octanol–water partition coefficient (Wildman–Crippen LogP) is 4.38. The van der Waals surface area contributed by atoms with Gasteiger partial charge in [-0.2, -0.15) is 0 Å². The van der Waals surface area contributed by atoms with E-state index in [2.05, 4.69) is 14.9 Å². The topological polar surface area (TPSA) is 75.9 Å². The van der Waals surface area contributed by atoms with E-state index in [1.807, 2.05) is 31.9 Å². The van der Waals surface area contributed by atoms with Crippen molar-refractivity contribution in [3.63, 3.8) is 0 Å². The fraction of sp³-hybridized carbons (Fsp3) is 0.524. The number of anilines is 1. The lowest BCUT2D eigenvalue weighted by atomic mass is 10.1. The monoisotopic (exact) mass is 478 g/mol. The Labute approximate surface area is 194 Å². The highest BCUT2D eigenvalue weighted by molar-refractivity contribution is 7.98. The first-order valence-electron chi connectivity index (χ1n) is 10.5. The summed E-state index contributed by atoms with van der Waals surface area (Å²) in [4.78, 5) is 30.4. The van der Waals surface area contributed by atoms with Crippen LogP contribution in [0.5, 0.6) is 0 Å². The minimum absolute atomic E-state index is 0.000688. The third-order valence-electron chi connectivity index (χ3n) is 5.90. The van der Waals surface area contributed by atoms with Crippen molar-refractivity contribution in [1.82, 2.24) is 24.3 Å². The minimum Gasteiger partial charge on any atom is -0.444 e. The highest BCUT2D eigenvalue weighted by Gasteiger charge is 2.45. The number of carbonyl (C=O) groups excluding carboxylic acids is 1. The molecule has 2 unspecified atom stereocenters. The normalized spacial score (nSPS) is 21.1. The molecule has 5 heterocycles. The maximum Gasteiger partial charge on any atom is 0.410 e. The highest BCUT2D eigenvalue weighted by Crippen LogP contribution is 2.38. The number of imidazole rings is 1. The lowest BCUT2D eigenvalue weighted by molar-refractivity contribution is 0.0123. The fourth-order valence-electron chi connectivity index (χ4n) is 4.65. The Bertz CT molecular complexity index is 1210. The molecule has 32 heavy (non-hydrogen) atoms. The van der Waals surface area contributed by atoms with E-state index < -0.39 is 11.4 Å². The van der Waals surface area contributed by atoms with E-state index in [1.165, 1.54) is 16.2 Å². The molecule has 1 amide bonds. The van der Waals surface area contributed by atoms with Crippen LogP contribution >= 0.6 is 23.4 Å². The summed E-state index contributed by atoms with van der Waals surface area (Å²) < 4.78 is 22.3. The average Bonchev–Trinajstić information content (AvgIpc) is 3.32. The molecule has 0 spiro atoms. The first-order chi connectivity index (χ1) is 15.2. The number of thioether (sulfide) groups is 1. The van der Waals surface area contributed by atoms with Gasteiger partial charge in [0.15, 0.2) is 21.8 Å². The molecule has 170 valence electrons. The fourth-order valence-corrected chi connectivity index (χ4v) is 5.24. The number of carbonyl (C=O) groups is 1. The lowest BCUT2D eigenvalue weighted by Crippen LogP contribution is -2.57. The van der Waals surface area contributed by atoms with Gasteiger partial charge in [0.2, 0.25) is 0 Å². The van der Waals surface area contributed by atoms with Crippen LogP contribution < -0.4 is 4.90 Å². The zero-order valence-corrected chi connectivity index (χ0v) is 19.9. The number of amides is 1. The third-order valence-corrected chi connectivity index (χ3v) is 6.80. The molecule has 0 aromatic carbocycles. The lowest BCUT2D eigenvalue weighted by Gasteiger charge is -2.42. The van der Waals surface area contributed by atoms with Crippen LogP contribution in [0.2, 0.25) is 5.15 Å². The highest BCUT2D eigenvalue weighted by atomic mass is 35.5. The molecule has 0 radical (unpaired) electrons. The molecular weight excluding hydrogens is 455 g/mol. The predicted molar refractivity (Wildman–Crippen MR) is 122 cm³/mol. The number of rotatable bonds is 2. The molecule has 0 saturated carbocycles. The molecule has 2 bridgehead atoms. The summed E-state index contributed by atoms with van der Waals surface area (Å²) >= 11 is 7.59. The Morgan fingerprint density at radius 1 is 1.25 bits per heavy atom. The van der Waals surface area contributed by atoms with Gasteiger partial charge in [-0.1, -0.05) is 23.4 Å². The van der Waals surface area contributed by atoms with E-state index >= 15 is 4.39 Å². The quantitative estimate of drug-likeness (QED) is 0.307. The zero-order chi connectivity index (χ0) is 22.8. The van der Waals surface area contributed by atoms with Gasteiger partial charge in [0.05, 0.1) is 17.5 Å². The Balaban J connectivity index is 1.59. The van der Waals surface area contributed by atoms with Gasteiger partial charge in [0.25, 0.3) is 0 Å². The number of nitrogens with zero attached hydrogens (tertiary/aromatic N) is 6. The number of hydrogen-bond acceptors (Lipinski definition) is 7. The molecule has 0 N–H and O–H groups in total. The summed E-state index contributed by atoms with van der Waals surface area (Å²) in [5.74, 6) is 0.0216. The van der Waals surface area contributed by atoms with Crippen molar-refractivity contribution >= 4 is 51.8 Å². The summed E-state index contributed by atoms with van der Waals surface area (Å²) in [5.41, 5.74) is 0.119. The molecule has 2 aliphatic rings. The Hall–Kier alpha value is -2.33. The van der Waals surface area contributed by atoms with Crippen molar-refractivity contribution in [3.05, 3.63) is 23.4 Å². The van der Waals surface area contributed by atoms with Gasteiger partial charge in [-0.15, -0.1) is 0 Å². The van der Waals surface area contributed by atoms with Gasteiger partial charge in [0.1, 0.15) is 16.9 Å². The van der Waals surface area contributed by atoms with Gasteiger partial charge in [-0.3, -0.25) is 9.30 Å². The second kappa shape index (κ2) is 7.62. The van der Waals surface area contributed by atoms with Crippen LogP contribution in [0.1, 0.15) is 33.6 Å². The van der Waals surface area contributed by atoms with Crippen LogP contribution in [-0.4, -0.2) is 67.4 Å². The molecule has 2 atom stereocenters. The van der Waals surface area contributed by atoms with Crippen LogP contribution in [0.25, 0.3) is 16.6 Å². The Morgan fingerprint density at radius 3 is 2.56 bits per heavy atom. The average molecular weight is 479 g/mol. The van der Waals surface area contributed by atoms with Crippen molar-refractivity contribution in [2.24, 2.45) is 0 Å². The van der Waals surface area contributed by atoms with E-state index in [-0.39, 0.29) is 28.8 Å². The number of ether oxygens (including phenoxy) is 1. The molecule has 3 aromatic rings. The SMILES string of the molecule is CSc1nc(N2CC3CCC(C2)N3C(=O)OC(C)(C)C)c2c(n1)c(F)c(Cl)n1ccnc21. The number of halogens is 2. The zero-order valence-electron chi connectivity index (χ0n) is 18.3. The molecular formula is C21H24ClFN6O2S. The second-order valence-corrected chi connectivity index (χ2v) is 10.3. The van der Waals surface area contributed by atoms with Crippen LogP contribution in [0, 0.1) is 5.82 Å². The molecule has 2 aliphatic heterocycles. The van der Waals surface area contributed by atoms with Crippen molar-refractivity contribution in [1.29, 1.82) is 0 Å². The number of fused-ring (bicyclic) bond motifs is 5. The van der Waals surface area contributed by atoms with E-state index in [0.717, 1.165) is 12.8 Å². The smallest absolute Gasteiger partial charge is 0.410 e. The van der Waals surface area contributed by atoms with E-state index in [0.29, 0.717) is 35.1 Å². The summed E-state index contributed by atoms with van der Waals surface area (Å²) in [5, 5.41) is 0.927. The number of aromatic nitrogens is 4. The second-order valence-electron chi connectivity index (χ2n) is 9.16. The summed E-state index contributed by atoms with van der Waals surface area (Å²) in [6.07, 6.45) is 6.54. The third kappa shape index (κ3) is 3.44. The van der Waals surface area contributed by atoms with E-state index in [4.69, 9.17) is 21.3 Å². The Morgan fingerprint density at radius 2 is 1.94 bits per heavy atom. The van der Waals surface area contributed by atoms with Crippen LogP contribution in [0.4, 0.5) is 15.0 Å². The van der Waals surface area contributed by atoms with E-state index in [9.17, 15) is 4.79 Å². The molecule has 2 saturated heterocycles. The van der Waals surface area contributed by atoms with Crippen molar-refractivity contribution in [3.8, 4) is 0 Å². The van der Waals surface area contributed by atoms with Gasteiger partial charge < -0.3 is 9.64 Å². The number of hydrogen-bond donors (Lipinski definition) is 0. The molecule has 0 aliphatic carbocycles. The van der Waals surface area contributed by atoms with Gasteiger partial charge in [-0.25, -0.2) is 24.1 Å². The number of piperazine rings is 1. The molecule has 8 nitrogen and oxygen atoms in total. The van der Waals surface area contributed by atoms with Gasteiger partial charge in [0, 0.05) is 25.5 Å². The summed E-state index contributed by atoms with van der Waals surface area (Å²) in [7, 11) is 0. The molecule has 3 aromatic heterocycles. The summed E-state index contributed by atoms with van der Waals surface area (Å²) in [6.45, 7) is 6.76. The molecule has 2 fully saturated rings. The first kappa shape index (κ1) is 21.5. The standard InChI is InChI=1S/C21H24ClFN6O2S/c1-21(2,3)31-20(30)29-11-5-6-12(29)10-27(9-11)18-13-15(25-19(26-18)32-4)14(23)16(22)28-8-7-24-17(13)28/h7-8,11-12H,5-6,9-10H2,1-4H3. The van der Waals surface area contributed by atoms with Crippen molar-refractivity contribution in [2.45, 2.75) is 56.5 Å². The van der Waals surface area contributed by atoms with Crippen LogP contribution in [-0.2, 0) is 4.74 Å². The van der Waals surface area contributed by atoms with Crippen molar-refractivity contribution in [2.75, 3.05) is 24.2 Å². The van der Waals surface area contributed by atoms with Crippen molar-refractivity contribution < 1.29 is 13.9 Å². The first-order valence-corrected chi connectivity index (χ1v) is 12.1. The van der Waals surface area contributed by atoms with E-state index in [1.54, 1.807) is 12.4 Å². The van der Waals surface area contributed by atoms with Gasteiger partial charge in [-0.05, 0) is 39.9 Å². The molecule has 5 rings (SSSR count). The maximum atomic E-state index is 15.2. The van der Waals surface area contributed by atoms with Crippen LogP contribution in [0.15, 0.2) is 17.6 Å². The maximum absolute atomic E-state index is 15.2. The number of pyridine rings is 1. The van der Waals surface area contributed by atoms with Crippen LogP contribution in [0.3, 0.4) is 0 Å². The molecule has 11 heteroatoms. The minimum atomic E-state index is -0.596. The summed E-state index contributed by atoms with van der Waals surface area (Å²) in [6, 6.07) is -0.00138. The Kier molecular flexibility index (Phi) is 5.12.